The van der Waals surface area contributed by atoms with Crippen LogP contribution in [0.15, 0.2) is 0 Å². The molecule has 1 N–H and O–H groups in total. The highest BCUT2D eigenvalue weighted by atomic mass is 16.1. The van der Waals surface area contributed by atoms with Crippen LogP contribution in [0.5, 0.6) is 0 Å². The molecular weight excluding hydrogens is 222 g/mol. The van der Waals surface area contributed by atoms with E-state index in [1.807, 2.05) is 0 Å². The largest absolute Gasteiger partial charge is 0.305 e. The van der Waals surface area contributed by atoms with Gasteiger partial charge in [0.2, 0.25) is 0 Å². The Labute approximate surface area is 113 Å². The van der Waals surface area contributed by atoms with Gasteiger partial charge in [0.05, 0.1) is 5.54 Å². The van der Waals surface area contributed by atoms with Gasteiger partial charge in [-0.15, -0.1) is 0 Å². The molecule has 1 atom stereocenters. The Morgan fingerprint density at radius 2 is 1.78 bits per heavy atom. The smallest absolute Gasteiger partial charge is 0.152 e. The van der Waals surface area contributed by atoms with E-state index in [0.29, 0.717) is 5.78 Å². The molecule has 0 saturated carbocycles. The second kappa shape index (κ2) is 8.68. The predicted molar refractivity (Wildman–Crippen MR) is 77.9 cm³/mol. The molecule has 106 valence electrons. The summed E-state index contributed by atoms with van der Waals surface area (Å²) in [5.74, 6) is 0.484. The van der Waals surface area contributed by atoms with Crippen molar-refractivity contribution in [2.24, 2.45) is 0 Å². The Hall–Kier alpha value is -0.370. The molecule has 1 unspecified atom stereocenters. The van der Waals surface area contributed by atoms with Crippen LogP contribution in [0.1, 0.15) is 84.5 Å². The molecule has 1 saturated heterocycles. The van der Waals surface area contributed by atoms with E-state index in [4.69, 9.17) is 0 Å². The summed E-state index contributed by atoms with van der Waals surface area (Å²) in [5, 5.41) is 3.48. The van der Waals surface area contributed by atoms with Crippen LogP contribution in [0, 0.1) is 0 Å². The predicted octanol–water partition coefficient (Wildman–Crippen LogP) is 4.23. The lowest BCUT2D eigenvalue weighted by Gasteiger charge is -2.27. The summed E-state index contributed by atoms with van der Waals surface area (Å²) < 4.78 is 0. The minimum atomic E-state index is -0.141. The van der Waals surface area contributed by atoms with Crippen LogP contribution in [-0.2, 0) is 4.79 Å². The van der Waals surface area contributed by atoms with Crippen molar-refractivity contribution in [2.45, 2.75) is 90.0 Å². The lowest BCUT2D eigenvalue weighted by atomic mass is 9.85. The topological polar surface area (TPSA) is 29.1 Å². The summed E-state index contributed by atoms with van der Waals surface area (Å²) in [6.07, 6.45) is 12.8. The van der Waals surface area contributed by atoms with Crippen LogP contribution in [0.3, 0.4) is 0 Å². The number of unbranched alkanes of at least 4 members (excludes halogenated alkanes) is 5. The van der Waals surface area contributed by atoms with Gasteiger partial charge >= 0.3 is 0 Å². The highest BCUT2D eigenvalue weighted by Gasteiger charge is 2.38. The van der Waals surface area contributed by atoms with Crippen LogP contribution >= 0.6 is 0 Å². The number of Topliss-reactive ketones (excluding diaryl/α,β-unsaturated/α-hetero) is 1. The van der Waals surface area contributed by atoms with Gasteiger partial charge in [0.1, 0.15) is 0 Å². The van der Waals surface area contributed by atoms with E-state index < -0.39 is 0 Å². The molecule has 1 rings (SSSR count). The van der Waals surface area contributed by atoms with Gasteiger partial charge in [-0.05, 0) is 32.2 Å². The van der Waals surface area contributed by atoms with Gasteiger partial charge in [-0.1, -0.05) is 52.4 Å². The van der Waals surface area contributed by atoms with Gasteiger partial charge in [0.25, 0.3) is 0 Å². The fourth-order valence-electron chi connectivity index (χ4n) is 3.13. The maximum absolute atomic E-state index is 12.4. The monoisotopic (exact) mass is 253 g/mol. The average molecular weight is 253 g/mol. The normalized spacial score (nSPS) is 23.4. The zero-order valence-corrected chi connectivity index (χ0v) is 12.4. The van der Waals surface area contributed by atoms with E-state index in [1.165, 1.54) is 38.5 Å². The Morgan fingerprint density at radius 3 is 2.39 bits per heavy atom. The minimum absolute atomic E-state index is 0.141. The third-order valence-corrected chi connectivity index (χ3v) is 4.21. The molecule has 0 bridgehead atoms. The lowest BCUT2D eigenvalue weighted by Crippen LogP contribution is -2.47. The van der Waals surface area contributed by atoms with Crippen LogP contribution < -0.4 is 5.32 Å². The zero-order chi connectivity index (χ0) is 13.3. The number of nitrogens with one attached hydrogen (secondary N) is 1. The highest BCUT2D eigenvalue weighted by molar-refractivity contribution is 5.88. The SMILES string of the molecule is CCCCCCCCC(=O)C1(CCC)CCCN1. The molecule has 0 amide bonds. The van der Waals surface area contributed by atoms with E-state index in [0.717, 1.165) is 38.6 Å². The third kappa shape index (κ3) is 4.72. The summed E-state index contributed by atoms with van der Waals surface area (Å²) in [6.45, 7) is 5.45. The van der Waals surface area contributed by atoms with E-state index in [2.05, 4.69) is 19.2 Å². The maximum atomic E-state index is 12.4. The number of carbonyl (C=O) groups excluding carboxylic acids is 1. The number of hydrogen-bond donors (Lipinski definition) is 1. The summed E-state index contributed by atoms with van der Waals surface area (Å²) in [4.78, 5) is 12.4. The van der Waals surface area contributed by atoms with Crippen molar-refractivity contribution in [1.82, 2.24) is 5.32 Å². The zero-order valence-electron chi connectivity index (χ0n) is 12.4. The minimum Gasteiger partial charge on any atom is -0.305 e. The molecule has 0 spiro atoms. The molecule has 1 aliphatic heterocycles. The molecule has 2 nitrogen and oxygen atoms in total. The van der Waals surface area contributed by atoms with Crippen molar-refractivity contribution >= 4 is 5.78 Å². The van der Waals surface area contributed by atoms with Crippen molar-refractivity contribution in [1.29, 1.82) is 0 Å². The fraction of sp³-hybridized carbons (Fsp3) is 0.938. The Bertz CT molecular complexity index is 231. The van der Waals surface area contributed by atoms with Gasteiger partial charge in [0, 0.05) is 6.42 Å². The Balaban J connectivity index is 2.21. The van der Waals surface area contributed by atoms with Crippen molar-refractivity contribution in [3.63, 3.8) is 0 Å². The maximum Gasteiger partial charge on any atom is 0.152 e. The quantitative estimate of drug-likeness (QED) is 0.590. The Kier molecular flexibility index (Phi) is 7.57. The lowest BCUT2D eigenvalue weighted by molar-refractivity contribution is -0.125. The second-order valence-corrected chi connectivity index (χ2v) is 5.80. The van der Waals surface area contributed by atoms with Crippen LogP contribution in [0.2, 0.25) is 0 Å². The molecule has 0 aromatic rings. The van der Waals surface area contributed by atoms with Gasteiger partial charge in [-0.3, -0.25) is 4.79 Å². The van der Waals surface area contributed by atoms with E-state index in [9.17, 15) is 4.79 Å². The highest BCUT2D eigenvalue weighted by Crippen LogP contribution is 2.27. The van der Waals surface area contributed by atoms with Crippen molar-refractivity contribution in [3.8, 4) is 0 Å². The molecule has 1 aliphatic rings. The molecular formula is C16H31NO. The molecule has 18 heavy (non-hydrogen) atoms. The first-order valence-electron chi connectivity index (χ1n) is 8.03. The molecule has 0 radical (unpaired) electrons. The standard InChI is InChI=1S/C16H31NO/c1-3-5-6-7-8-9-11-15(18)16(12-4-2)13-10-14-17-16/h17H,3-14H2,1-2H3. The summed E-state index contributed by atoms with van der Waals surface area (Å²) in [7, 11) is 0. The Morgan fingerprint density at radius 1 is 1.06 bits per heavy atom. The molecule has 1 heterocycles. The number of rotatable bonds is 10. The number of carbonyl (C=O) groups is 1. The van der Waals surface area contributed by atoms with Crippen molar-refractivity contribution in [2.75, 3.05) is 6.54 Å². The molecule has 0 aliphatic carbocycles. The molecule has 1 fully saturated rings. The number of hydrogen-bond acceptors (Lipinski definition) is 2. The van der Waals surface area contributed by atoms with Crippen molar-refractivity contribution < 1.29 is 4.79 Å². The van der Waals surface area contributed by atoms with Gasteiger partial charge in [-0.25, -0.2) is 0 Å². The molecule has 0 aromatic heterocycles. The third-order valence-electron chi connectivity index (χ3n) is 4.21. The summed E-state index contributed by atoms with van der Waals surface area (Å²) >= 11 is 0. The fourth-order valence-corrected chi connectivity index (χ4v) is 3.13. The van der Waals surface area contributed by atoms with Gasteiger partial charge in [-0.2, -0.15) is 0 Å². The first-order valence-corrected chi connectivity index (χ1v) is 8.03. The molecule has 2 heteroatoms. The van der Waals surface area contributed by atoms with E-state index >= 15 is 0 Å². The number of ketones is 1. The van der Waals surface area contributed by atoms with Crippen LogP contribution in [0.4, 0.5) is 0 Å². The van der Waals surface area contributed by atoms with E-state index in [1.54, 1.807) is 0 Å². The van der Waals surface area contributed by atoms with Crippen LogP contribution in [-0.4, -0.2) is 17.9 Å². The van der Waals surface area contributed by atoms with Gasteiger partial charge in [0.15, 0.2) is 5.78 Å². The first kappa shape index (κ1) is 15.7. The average Bonchev–Trinajstić information content (AvgIpc) is 2.83. The summed E-state index contributed by atoms with van der Waals surface area (Å²) in [6, 6.07) is 0. The van der Waals surface area contributed by atoms with E-state index in [-0.39, 0.29) is 5.54 Å². The van der Waals surface area contributed by atoms with Gasteiger partial charge < -0.3 is 5.32 Å². The van der Waals surface area contributed by atoms with Crippen molar-refractivity contribution in [3.05, 3.63) is 0 Å². The second-order valence-electron chi connectivity index (χ2n) is 5.80. The first-order chi connectivity index (χ1) is 8.75. The molecule has 0 aromatic carbocycles. The van der Waals surface area contributed by atoms with Crippen LogP contribution in [0.25, 0.3) is 0 Å². The summed E-state index contributed by atoms with van der Waals surface area (Å²) in [5.41, 5.74) is -0.141.